The molecule has 0 unspecified atom stereocenters. The van der Waals surface area contributed by atoms with Crippen LogP contribution in [-0.2, 0) is 19.0 Å². The van der Waals surface area contributed by atoms with Crippen LogP contribution in [0.4, 0.5) is 13.2 Å². The third-order valence-electron chi connectivity index (χ3n) is 4.73. The molecule has 4 rings (SSSR count). The zero-order valence-corrected chi connectivity index (χ0v) is 18.1. The summed E-state index contributed by atoms with van der Waals surface area (Å²) in [6.45, 7) is 0. The van der Waals surface area contributed by atoms with Gasteiger partial charge < -0.3 is 0 Å². The summed E-state index contributed by atoms with van der Waals surface area (Å²) in [6, 6.07) is 14.2. The first-order valence-electron chi connectivity index (χ1n) is 9.18. The molecule has 11 heteroatoms. The van der Waals surface area contributed by atoms with E-state index in [4.69, 9.17) is 0 Å². The van der Waals surface area contributed by atoms with Crippen LogP contribution in [0.15, 0.2) is 64.2 Å². The summed E-state index contributed by atoms with van der Waals surface area (Å²) >= 11 is 2.14. The summed E-state index contributed by atoms with van der Waals surface area (Å²) in [4.78, 5) is 37.7. The van der Waals surface area contributed by atoms with Gasteiger partial charge in [0.2, 0.25) is 5.12 Å². The molecule has 0 N–H and O–H groups in total. The molecule has 0 fully saturated rings. The van der Waals surface area contributed by atoms with Crippen LogP contribution in [-0.4, -0.2) is 18.6 Å². The molecule has 32 heavy (non-hydrogen) atoms. The van der Waals surface area contributed by atoms with E-state index in [1.165, 1.54) is 12.1 Å². The second-order valence-electron chi connectivity index (χ2n) is 6.82. The zero-order valence-electron chi connectivity index (χ0n) is 16.4. The second kappa shape index (κ2) is 8.40. The van der Waals surface area contributed by atoms with Gasteiger partial charge in [0.25, 0.3) is 5.56 Å². The van der Waals surface area contributed by atoms with Crippen LogP contribution < -0.4 is 11.2 Å². The van der Waals surface area contributed by atoms with E-state index in [1.54, 1.807) is 6.07 Å². The lowest BCUT2D eigenvalue weighted by atomic mass is 10.2. The Morgan fingerprint density at radius 3 is 2.50 bits per heavy atom. The van der Waals surface area contributed by atoms with Gasteiger partial charge in [-0.3, -0.25) is 14.2 Å². The predicted molar refractivity (Wildman–Crippen MR) is 118 cm³/mol. The van der Waals surface area contributed by atoms with E-state index >= 15 is 0 Å². The second-order valence-corrected chi connectivity index (χ2v) is 8.57. The molecule has 0 amide bonds. The van der Waals surface area contributed by atoms with E-state index in [-0.39, 0.29) is 16.5 Å². The molecule has 6 nitrogen and oxygen atoms in total. The van der Waals surface area contributed by atoms with Crippen molar-refractivity contribution in [3.63, 3.8) is 0 Å². The van der Waals surface area contributed by atoms with Crippen molar-refractivity contribution in [3.8, 4) is 5.69 Å². The Balaban J connectivity index is 1.74. The van der Waals surface area contributed by atoms with Gasteiger partial charge in [0, 0.05) is 24.3 Å². The number of carbonyl (C=O) groups excluding carboxylic acids is 1. The maximum absolute atomic E-state index is 13.1. The quantitative estimate of drug-likeness (QED) is 0.440. The van der Waals surface area contributed by atoms with Crippen molar-refractivity contribution in [2.24, 2.45) is 7.05 Å². The SMILES string of the molecule is Cn1c(C(F)(F)F)cc(=O)n(-c2ccc3snc(C(=O)SCc4ccccc4)c3c2)c1=O. The average Bonchev–Trinajstić information content (AvgIpc) is 3.18. The number of aromatic nitrogens is 3. The van der Waals surface area contributed by atoms with E-state index in [0.29, 0.717) is 31.0 Å². The van der Waals surface area contributed by atoms with Crippen molar-refractivity contribution in [1.82, 2.24) is 13.5 Å². The molecular formula is C21H14F3N3O3S2. The Labute approximate surface area is 187 Å². The number of carbonyl (C=O) groups is 1. The fraction of sp³-hybridized carbons (Fsp3) is 0.143. The summed E-state index contributed by atoms with van der Waals surface area (Å²) < 4.78 is 45.1. The number of benzene rings is 2. The van der Waals surface area contributed by atoms with Crippen molar-refractivity contribution >= 4 is 38.5 Å². The predicted octanol–water partition coefficient (Wildman–Crippen LogP) is 4.24. The van der Waals surface area contributed by atoms with Gasteiger partial charge in [-0.15, -0.1) is 0 Å². The Hall–Kier alpha value is -3.18. The van der Waals surface area contributed by atoms with Gasteiger partial charge in [-0.05, 0) is 35.3 Å². The van der Waals surface area contributed by atoms with Gasteiger partial charge in [0.05, 0.1) is 10.4 Å². The van der Waals surface area contributed by atoms with Crippen molar-refractivity contribution < 1.29 is 18.0 Å². The smallest absolute Gasteiger partial charge is 0.292 e. The molecule has 0 aliphatic rings. The summed E-state index contributed by atoms with van der Waals surface area (Å²) in [5.74, 6) is 0.442. The van der Waals surface area contributed by atoms with E-state index in [1.807, 2.05) is 30.3 Å². The molecule has 2 heterocycles. The summed E-state index contributed by atoms with van der Waals surface area (Å²) in [7, 11) is 0.945. The molecule has 0 saturated heterocycles. The lowest BCUT2D eigenvalue weighted by Gasteiger charge is -2.14. The van der Waals surface area contributed by atoms with Crippen molar-refractivity contribution in [2.45, 2.75) is 11.9 Å². The summed E-state index contributed by atoms with van der Waals surface area (Å²) in [5, 5.41) is 0.136. The first-order chi connectivity index (χ1) is 15.2. The molecule has 0 spiro atoms. The highest BCUT2D eigenvalue weighted by Gasteiger charge is 2.35. The normalized spacial score (nSPS) is 11.8. The molecule has 0 saturated carbocycles. The third-order valence-corrected chi connectivity index (χ3v) is 6.49. The molecule has 0 bridgehead atoms. The van der Waals surface area contributed by atoms with Gasteiger partial charge in [0.15, 0.2) is 0 Å². The monoisotopic (exact) mass is 477 g/mol. The number of hydrogen-bond donors (Lipinski definition) is 0. The van der Waals surface area contributed by atoms with Crippen LogP contribution in [0.5, 0.6) is 0 Å². The topological polar surface area (TPSA) is 74.0 Å². The van der Waals surface area contributed by atoms with E-state index in [2.05, 4.69) is 4.37 Å². The minimum absolute atomic E-state index is 0.0548. The van der Waals surface area contributed by atoms with Crippen LogP contribution in [0.3, 0.4) is 0 Å². The van der Waals surface area contributed by atoms with Gasteiger partial charge in [-0.1, -0.05) is 42.1 Å². The van der Waals surface area contributed by atoms with Crippen LogP contribution >= 0.6 is 23.3 Å². The number of thioether (sulfide) groups is 1. The molecule has 164 valence electrons. The minimum atomic E-state index is -4.84. The standard InChI is InChI=1S/C21H14F3N3O3S2/c1-26-16(21(22,23)24)10-17(28)27(20(26)30)13-7-8-15-14(9-13)18(25-32-15)19(29)31-11-12-5-3-2-4-6-12/h2-10H,11H2,1H3. The molecule has 0 aliphatic carbocycles. The number of alkyl halides is 3. The fourth-order valence-electron chi connectivity index (χ4n) is 3.14. The van der Waals surface area contributed by atoms with Crippen LogP contribution in [0.1, 0.15) is 21.7 Å². The van der Waals surface area contributed by atoms with E-state index in [0.717, 1.165) is 35.9 Å². The molecule has 4 aromatic rings. The van der Waals surface area contributed by atoms with E-state index < -0.39 is 23.1 Å². The Kier molecular flexibility index (Phi) is 5.78. The summed E-state index contributed by atoms with van der Waals surface area (Å²) in [5.41, 5.74) is -2.40. The van der Waals surface area contributed by atoms with Crippen molar-refractivity contribution in [1.29, 1.82) is 0 Å². The molecular weight excluding hydrogens is 463 g/mol. The van der Waals surface area contributed by atoms with Crippen LogP contribution in [0.25, 0.3) is 15.8 Å². The Bertz CT molecular complexity index is 1440. The largest absolute Gasteiger partial charge is 0.431 e. The van der Waals surface area contributed by atoms with E-state index in [9.17, 15) is 27.6 Å². The van der Waals surface area contributed by atoms with Crippen molar-refractivity contribution in [3.05, 3.63) is 92.4 Å². The van der Waals surface area contributed by atoms with Gasteiger partial charge >= 0.3 is 11.9 Å². The Morgan fingerprint density at radius 1 is 1.09 bits per heavy atom. The Morgan fingerprint density at radius 2 is 1.81 bits per heavy atom. The van der Waals surface area contributed by atoms with Crippen LogP contribution in [0.2, 0.25) is 0 Å². The van der Waals surface area contributed by atoms with Crippen LogP contribution in [0, 0.1) is 0 Å². The lowest BCUT2D eigenvalue weighted by molar-refractivity contribution is -0.144. The highest BCUT2D eigenvalue weighted by molar-refractivity contribution is 8.13. The maximum atomic E-state index is 13.1. The average molecular weight is 477 g/mol. The highest BCUT2D eigenvalue weighted by atomic mass is 32.2. The minimum Gasteiger partial charge on any atom is -0.292 e. The third kappa shape index (κ3) is 4.13. The number of halogens is 3. The zero-order chi connectivity index (χ0) is 23.0. The fourth-order valence-corrected chi connectivity index (χ4v) is 4.73. The molecule has 2 aromatic heterocycles. The maximum Gasteiger partial charge on any atom is 0.431 e. The van der Waals surface area contributed by atoms with Crippen molar-refractivity contribution in [2.75, 3.05) is 0 Å². The number of hydrogen-bond acceptors (Lipinski definition) is 6. The molecule has 0 atom stereocenters. The molecule has 0 aliphatic heterocycles. The van der Waals surface area contributed by atoms with Gasteiger partial charge in [-0.2, -0.15) is 17.5 Å². The number of nitrogens with zero attached hydrogens (tertiary/aromatic N) is 3. The first-order valence-corrected chi connectivity index (χ1v) is 10.9. The molecule has 0 radical (unpaired) electrons. The van der Waals surface area contributed by atoms with Gasteiger partial charge in [0.1, 0.15) is 11.4 Å². The van der Waals surface area contributed by atoms with Gasteiger partial charge in [-0.25, -0.2) is 9.36 Å². The molecule has 2 aromatic carbocycles. The highest BCUT2D eigenvalue weighted by Crippen LogP contribution is 2.29. The number of rotatable bonds is 4. The lowest BCUT2D eigenvalue weighted by Crippen LogP contribution is -2.40. The number of fused-ring (bicyclic) bond motifs is 1. The summed E-state index contributed by atoms with van der Waals surface area (Å²) in [6.07, 6.45) is -4.84. The first kappa shape index (κ1) is 22.0.